The van der Waals surface area contributed by atoms with E-state index in [1.54, 1.807) is 36.9 Å². The molecule has 0 spiro atoms. The molecule has 2 heterocycles. The highest BCUT2D eigenvalue weighted by atomic mass is 32.1. The predicted octanol–water partition coefficient (Wildman–Crippen LogP) is 3.54. The Morgan fingerprint density at radius 2 is 1.94 bits per heavy atom. The number of alkyl halides is 3. The topological polar surface area (TPSA) is 97.0 Å². The van der Waals surface area contributed by atoms with Gasteiger partial charge in [0.25, 0.3) is 5.91 Å². The number of fused-ring (bicyclic) bond motifs is 1. The first-order valence-electron chi connectivity index (χ1n) is 10.8. The fourth-order valence-corrected chi connectivity index (χ4v) is 4.90. The van der Waals surface area contributed by atoms with E-state index in [0.29, 0.717) is 24.3 Å². The summed E-state index contributed by atoms with van der Waals surface area (Å²) < 4.78 is 46.3. The van der Waals surface area contributed by atoms with E-state index in [9.17, 15) is 28.2 Å². The second kappa shape index (κ2) is 8.78. The summed E-state index contributed by atoms with van der Waals surface area (Å²) >= 11 is 5.57. The first-order chi connectivity index (χ1) is 16.4. The number of rotatable bonds is 4. The minimum absolute atomic E-state index is 0.00286. The summed E-state index contributed by atoms with van der Waals surface area (Å²) in [6, 6.07) is 9.73. The normalized spacial score (nSPS) is 20.3. The number of hydrogen-bond donors (Lipinski definition) is 2. The van der Waals surface area contributed by atoms with E-state index in [-0.39, 0.29) is 10.8 Å². The molecular formula is C24H22F3N3O4S. The van der Waals surface area contributed by atoms with Crippen molar-refractivity contribution in [2.75, 3.05) is 16.4 Å². The average Bonchev–Trinajstić information content (AvgIpc) is 3.00. The molecule has 0 aromatic heterocycles. The Hall–Kier alpha value is -3.20. The number of anilines is 2. The number of halogens is 3. The molecule has 2 aromatic rings. The van der Waals surface area contributed by atoms with Crippen LogP contribution in [0.3, 0.4) is 0 Å². The highest BCUT2D eigenvalue weighted by molar-refractivity contribution is 7.81. The van der Waals surface area contributed by atoms with Gasteiger partial charge in [0.05, 0.1) is 29.5 Å². The van der Waals surface area contributed by atoms with E-state index < -0.39 is 47.6 Å². The smallest absolute Gasteiger partial charge is 0.417 e. The molecule has 4 rings (SSSR count). The molecule has 1 fully saturated rings. The van der Waals surface area contributed by atoms with Crippen LogP contribution in [0.2, 0.25) is 0 Å². The number of thiocarbonyl (C=S) groups is 1. The molecule has 1 amide bonds. The summed E-state index contributed by atoms with van der Waals surface area (Å²) in [7, 11) is 0. The average molecular weight is 506 g/mol. The van der Waals surface area contributed by atoms with Crippen molar-refractivity contribution in [3.63, 3.8) is 0 Å². The number of nitriles is 1. The molecule has 2 aliphatic heterocycles. The fourth-order valence-electron chi connectivity index (χ4n) is 4.38. The highest BCUT2D eigenvalue weighted by Gasteiger charge is 2.51. The summed E-state index contributed by atoms with van der Waals surface area (Å²) in [6.45, 7) is 2.83. The van der Waals surface area contributed by atoms with Gasteiger partial charge >= 0.3 is 6.18 Å². The number of hydrogen-bond acceptors (Lipinski definition) is 6. The third kappa shape index (κ3) is 4.22. The number of carbonyl (C=O) groups excluding carboxylic acids is 1. The SMILES string of the molecule is CC1(C)C(=O)N(c2ccc(C#N)c(C(F)(F)F)c2)C(=S)N1c1ccc2c(c1)CC[C@H]([C@@H](O)CO)O2. The maximum absolute atomic E-state index is 13.5. The summed E-state index contributed by atoms with van der Waals surface area (Å²) in [4.78, 5) is 16.0. The standard InChI is InChI=1S/C24H22F3N3O4S/c1-23(2)21(33)29(15-5-3-14(11-28)17(10-15)24(25,26)27)22(35)30(23)16-6-8-19-13(9-16)4-7-20(34-19)18(32)12-31/h3,5-6,8-10,18,20,31-32H,4,7,12H2,1-2H3/t18-,20+/m0/s1. The lowest BCUT2D eigenvalue weighted by Crippen LogP contribution is -2.44. The monoisotopic (exact) mass is 505 g/mol. The predicted molar refractivity (Wildman–Crippen MR) is 125 cm³/mol. The minimum atomic E-state index is -4.78. The molecule has 0 unspecified atom stereocenters. The van der Waals surface area contributed by atoms with Gasteiger partial charge < -0.3 is 19.8 Å². The van der Waals surface area contributed by atoms with Crippen molar-refractivity contribution in [1.29, 1.82) is 5.26 Å². The third-order valence-corrected chi connectivity index (χ3v) is 6.62. The summed E-state index contributed by atoms with van der Waals surface area (Å²) in [5.74, 6) is 0.0194. The molecule has 1 saturated heterocycles. The minimum Gasteiger partial charge on any atom is -0.487 e. The van der Waals surface area contributed by atoms with Crippen LogP contribution in [0.25, 0.3) is 0 Å². The van der Waals surface area contributed by atoms with Crippen molar-refractivity contribution in [3.8, 4) is 11.8 Å². The van der Waals surface area contributed by atoms with E-state index in [0.717, 1.165) is 22.6 Å². The maximum Gasteiger partial charge on any atom is 0.417 e. The third-order valence-electron chi connectivity index (χ3n) is 6.25. The Bertz CT molecular complexity index is 1240. The molecule has 2 atom stereocenters. The van der Waals surface area contributed by atoms with Gasteiger partial charge in [-0.25, -0.2) is 0 Å². The Morgan fingerprint density at radius 3 is 2.57 bits per heavy atom. The van der Waals surface area contributed by atoms with Gasteiger partial charge in [0.2, 0.25) is 0 Å². The van der Waals surface area contributed by atoms with Crippen LogP contribution in [-0.4, -0.2) is 45.6 Å². The fraction of sp³-hybridized carbons (Fsp3) is 0.375. The van der Waals surface area contributed by atoms with Crippen LogP contribution in [-0.2, 0) is 17.4 Å². The van der Waals surface area contributed by atoms with Gasteiger partial charge in [-0.2, -0.15) is 18.4 Å². The molecule has 7 nitrogen and oxygen atoms in total. The summed E-state index contributed by atoms with van der Waals surface area (Å²) in [5.41, 5.74) is -1.61. The van der Waals surface area contributed by atoms with Gasteiger partial charge in [-0.05, 0) is 80.9 Å². The Morgan fingerprint density at radius 1 is 1.26 bits per heavy atom. The Balaban J connectivity index is 1.70. The molecule has 2 aliphatic rings. The van der Waals surface area contributed by atoms with Crippen LogP contribution in [0.4, 0.5) is 24.5 Å². The first kappa shape index (κ1) is 24.9. The van der Waals surface area contributed by atoms with Crippen molar-refractivity contribution in [3.05, 3.63) is 53.1 Å². The molecule has 35 heavy (non-hydrogen) atoms. The van der Waals surface area contributed by atoms with Gasteiger partial charge in [0.15, 0.2) is 5.11 Å². The lowest BCUT2D eigenvalue weighted by molar-refractivity contribution is -0.137. The summed E-state index contributed by atoms with van der Waals surface area (Å²) in [5, 5.41) is 28.1. The number of amides is 1. The zero-order valence-corrected chi connectivity index (χ0v) is 19.7. The second-order valence-corrected chi connectivity index (χ2v) is 9.26. The number of carbonyl (C=O) groups is 1. The van der Waals surface area contributed by atoms with Gasteiger partial charge in [0.1, 0.15) is 23.5 Å². The second-order valence-electron chi connectivity index (χ2n) is 8.89. The Kier molecular flexibility index (Phi) is 6.25. The molecule has 0 saturated carbocycles. The molecular weight excluding hydrogens is 483 g/mol. The van der Waals surface area contributed by atoms with Gasteiger partial charge in [-0.15, -0.1) is 0 Å². The lowest BCUT2D eigenvalue weighted by Gasteiger charge is -2.32. The van der Waals surface area contributed by atoms with Crippen LogP contribution in [0.5, 0.6) is 5.75 Å². The Labute approximate surface area is 204 Å². The van der Waals surface area contributed by atoms with Crippen LogP contribution >= 0.6 is 12.2 Å². The highest BCUT2D eigenvalue weighted by Crippen LogP contribution is 2.41. The van der Waals surface area contributed by atoms with Gasteiger partial charge in [-0.1, -0.05) is 0 Å². The number of ether oxygens (including phenoxy) is 1. The van der Waals surface area contributed by atoms with Gasteiger partial charge in [-0.3, -0.25) is 9.69 Å². The van der Waals surface area contributed by atoms with E-state index in [1.165, 1.54) is 12.1 Å². The molecule has 0 bridgehead atoms. The van der Waals surface area contributed by atoms with Crippen molar-refractivity contribution in [2.24, 2.45) is 0 Å². The molecule has 2 aromatic carbocycles. The number of benzene rings is 2. The van der Waals surface area contributed by atoms with Crippen LogP contribution in [0.1, 0.15) is 37.0 Å². The van der Waals surface area contributed by atoms with Crippen LogP contribution < -0.4 is 14.5 Å². The number of aliphatic hydroxyl groups excluding tert-OH is 2. The van der Waals surface area contributed by atoms with E-state index in [2.05, 4.69) is 0 Å². The molecule has 11 heteroatoms. The van der Waals surface area contributed by atoms with Crippen molar-refractivity contribution < 1.29 is 32.9 Å². The van der Waals surface area contributed by atoms with Crippen LogP contribution in [0, 0.1) is 11.3 Å². The van der Waals surface area contributed by atoms with Crippen LogP contribution in [0.15, 0.2) is 36.4 Å². The van der Waals surface area contributed by atoms with E-state index in [4.69, 9.17) is 22.2 Å². The molecule has 0 radical (unpaired) electrons. The molecule has 2 N–H and O–H groups in total. The van der Waals surface area contributed by atoms with Crippen molar-refractivity contribution in [2.45, 2.75) is 50.6 Å². The first-order valence-corrected chi connectivity index (χ1v) is 11.2. The quantitative estimate of drug-likeness (QED) is 0.614. The molecule has 0 aliphatic carbocycles. The van der Waals surface area contributed by atoms with E-state index in [1.807, 2.05) is 0 Å². The number of nitrogens with zero attached hydrogens (tertiary/aromatic N) is 3. The lowest BCUT2D eigenvalue weighted by atomic mass is 9.97. The number of aryl methyl sites for hydroxylation is 1. The summed E-state index contributed by atoms with van der Waals surface area (Å²) in [6.07, 6.45) is -5.30. The molecule has 184 valence electrons. The zero-order valence-electron chi connectivity index (χ0n) is 18.8. The van der Waals surface area contributed by atoms with Crippen molar-refractivity contribution >= 4 is 34.6 Å². The zero-order chi connectivity index (χ0) is 25.7. The van der Waals surface area contributed by atoms with Gasteiger partial charge in [0, 0.05) is 5.69 Å². The largest absolute Gasteiger partial charge is 0.487 e. The maximum atomic E-state index is 13.5. The van der Waals surface area contributed by atoms with Crippen molar-refractivity contribution in [1.82, 2.24) is 0 Å². The van der Waals surface area contributed by atoms with E-state index >= 15 is 0 Å². The number of aliphatic hydroxyl groups is 2.